The first-order valence-corrected chi connectivity index (χ1v) is 7.04. The van der Waals surface area contributed by atoms with Gasteiger partial charge in [0.05, 0.1) is 4.90 Å². The average Bonchev–Trinajstić information content (AvgIpc) is 2.73. The topological polar surface area (TPSA) is 95.5 Å². The molecule has 0 aliphatic carbocycles. The van der Waals surface area contributed by atoms with E-state index in [2.05, 4.69) is 10.0 Å². The van der Waals surface area contributed by atoms with Gasteiger partial charge in [-0.15, -0.1) is 0 Å². The molecule has 1 saturated heterocycles. The zero-order chi connectivity index (χ0) is 13.2. The monoisotopic (exact) mass is 270 g/mol. The van der Waals surface area contributed by atoms with Gasteiger partial charge in [0, 0.05) is 19.0 Å². The molecule has 1 aromatic rings. The van der Waals surface area contributed by atoms with Crippen LogP contribution >= 0.6 is 0 Å². The van der Waals surface area contributed by atoms with E-state index in [1.807, 2.05) is 0 Å². The van der Waals surface area contributed by atoms with E-state index in [0.717, 1.165) is 0 Å². The van der Waals surface area contributed by atoms with E-state index in [-0.39, 0.29) is 29.1 Å². The Bertz CT molecular complexity index is 539. The van der Waals surface area contributed by atoms with Crippen molar-refractivity contribution < 1.29 is 18.3 Å². The van der Waals surface area contributed by atoms with E-state index < -0.39 is 10.0 Å². The highest BCUT2D eigenvalue weighted by atomic mass is 32.2. The second kappa shape index (κ2) is 4.95. The second-order valence-corrected chi connectivity index (χ2v) is 5.92. The third-order valence-corrected chi connectivity index (χ3v) is 4.19. The SMILES string of the molecule is O=C1CCC(CNS(=O)(=O)c2ccc(O)cc2)N1. The Morgan fingerprint density at radius 2 is 2.00 bits per heavy atom. The smallest absolute Gasteiger partial charge is 0.240 e. The van der Waals surface area contributed by atoms with Crippen LogP contribution in [0.1, 0.15) is 12.8 Å². The Morgan fingerprint density at radius 3 is 2.56 bits per heavy atom. The predicted octanol–water partition coefficient (Wildman–Crippen LogP) is -0.0509. The highest BCUT2D eigenvalue weighted by Crippen LogP contribution is 2.14. The maximum absolute atomic E-state index is 11.9. The van der Waals surface area contributed by atoms with Crippen molar-refractivity contribution in [2.75, 3.05) is 6.54 Å². The number of nitrogens with one attached hydrogen (secondary N) is 2. The Hall–Kier alpha value is -1.60. The van der Waals surface area contributed by atoms with Gasteiger partial charge in [-0.3, -0.25) is 4.79 Å². The summed E-state index contributed by atoms with van der Waals surface area (Å²) in [6, 6.07) is 5.12. The molecule has 0 saturated carbocycles. The summed E-state index contributed by atoms with van der Waals surface area (Å²) in [4.78, 5) is 11.1. The molecular formula is C11H14N2O4S. The lowest BCUT2D eigenvalue weighted by Crippen LogP contribution is -2.38. The van der Waals surface area contributed by atoms with E-state index in [1.54, 1.807) is 0 Å². The molecule has 3 N–H and O–H groups in total. The summed E-state index contributed by atoms with van der Waals surface area (Å²) in [6.45, 7) is 0.176. The summed E-state index contributed by atoms with van der Waals surface area (Å²) in [7, 11) is -3.59. The zero-order valence-corrected chi connectivity index (χ0v) is 10.4. The van der Waals surface area contributed by atoms with Crippen LogP contribution in [0, 0.1) is 0 Å². The first-order valence-electron chi connectivity index (χ1n) is 5.55. The molecule has 6 nitrogen and oxygen atoms in total. The van der Waals surface area contributed by atoms with Crippen LogP contribution in [-0.4, -0.2) is 32.0 Å². The van der Waals surface area contributed by atoms with Crippen LogP contribution in [0.2, 0.25) is 0 Å². The number of hydrogen-bond acceptors (Lipinski definition) is 4. The summed E-state index contributed by atoms with van der Waals surface area (Å²) in [6.07, 6.45) is 1.07. The zero-order valence-electron chi connectivity index (χ0n) is 9.59. The summed E-state index contributed by atoms with van der Waals surface area (Å²) in [5, 5.41) is 11.8. The number of phenols is 1. The van der Waals surface area contributed by atoms with Gasteiger partial charge in [-0.1, -0.05) is 0 Å². The van der Waals surface area contributed by atoms with Gasteiger partial charge in [-0.2, -0.15) is 0 Å². The number of sulfonamides is 1. The quantitative estimate of drug-likeness (QED) is 0.714. The van der Waals surface area contributed by atoms with E-state index in [4.69, 9.17) is 5.11 Å². The lowest BCUT2D eigenvalue weighted by atomic mass is 10.2. The van der Waals surface area contributed by atoms with Gasteiger partial charge < -0.3 is 10.4 Å². The molecule has 7 heteroatoms. The van der Waals surface area contributed by atoms with E-state index in [0.29, 0.717) is 12.8 Å². The number of benzene rings is 1. The van der Waals surface area contributed by atoms with Gasteiger partial charge in [-0.05, 0) is 30.7 Å². The number of carbonyl (C=O) groups excluding carboxylic acids is 1. The normalized spacial score (nSPS) is 19.8. The summed E-state index contributed by atoms with van der Waals surface area (Å²) < 4.78 is 26.2. The molecule has 1 fully saturated rings. The number of phenolic OH excluding ortho intramolecular Hbond substituents is 1. The minimum atomic E-state index is -3.59. The van der Waals surface area contributed by atoms with Crippen LogP contribution in [0.15, 0.2) is 29.2 Å². The molecule has 1 unspecified atom stereocenters. The molecule has 0 bridgehead atoms. The molecule has 18 heavy (non-hydrogen) atoms. The van der Waals surface area contributed by atoms with Crippen LogP contribution < -0.4 is 10.0 Å². The largest absolute Gasteiger partial charge is 0.508 e. The van der Waals surface area contributed by atoms with Gasteiger partial charge in [0.1, 0.15) is 5.75 Å². The first kappa shape index (κ1) is 12.8. The van der Waals surface area contributed by atoms with Crippen LogP contribution in [0.25, 0.3) is 0 Å². The maximum Gasteiger partial charge on any atom is 0.240 e. The standard InChI is InChI=1S/C11H14N2O4S/c14-9-2-4-10(5-3-9)18(16,17)12-7-8-1-6-11(15)13-8/h2-5,8,12,14H,1,6-7H2,(H,13,15). The summed E-state index contributed by atoms with van der Waals surface area (Å²) >= 11 is 0. The molecule has 0 radical (unpaired) electrons. The van der Waals surface area contributed by atoms with E-state index >= 15 is 0 Å². The number of aromatic hydroxyl groups is 1. The van der Waals surface area contributed by atoms with Crippen LogP contribution in [-0.2, 0) is 14.8 Å². The van der Waals surface area contributed by atoms with E-state index in [9.17, 15) is 13.2 Å². The van der Waals surface area contributed by atoms with Crippen LogP contribution in [0.5, 0.6) is 5.75 Å². The lowest BCUT2D eigenvalue weighted by Gasteiger charge is -2.11. The van der Waals surface area contributed by atoms with Crippen molar-refractivity contribution in [2.45, 2.75) is 23.8 Å². The molecule has 1 aromatic carbocycles. The molecule has 2 rings (SSSR count). The number of hydrogen-bond donors (Lipinski definition) is 3. The van der Waals surface area contributed by atoms with Gasteiger partial charge in [-0.25, -0.2) is 13.1 Å². The third kappa shape index (κ3) is 2.99. The first-order chi connectivity index (χ1) is 8.47. The fraction of sp³-hybridized carbons (Fsp3) is 0.364. The Balaban J connectivity index is 1.99. The fourth-order valence-electron chi connectivity index (χ4n) is 1.75. The summed E-state index contributed by atoms with van der Waals surface area (Å²) in [5.41, 5.74) is 0. The molecule has 1 atom stereocenters. The van der Waals surface area contributed by atoms with Crippen molar-refractivity contribution in [3.8, 4) is 5.75 Å². The van der Waals surface area contributed by atoms with E-state index in [1.165, 1.54) is 24.3 Å². The Morgan fingerprint density at radius 1 is 1.33 bits per heavy atom. The molecule has 0 spiro atoms. The van der Waals surface area contributed by atoms with Gasteiger partial charge >= 0.3 is 0 Å². The number of rotatable bonds is 4. The van der Waals surface area contributed by atoms with Crippen molar-refractivity contribution in [1.82, 2.24) is 10.0 Å². The molecule has 1 amide bonds. The molecule has 98 valence electrons. The van der Waals surface area contributed by atoms with Gasteiger partial charge in [0.2, 0.25) is 15.9 Å². The molecule has 1 aliphatic rings. The Kier molecular flexibility index (Phi) is 3.53. The van der Waals surface area contributed by atoms with Gasteiger partial charge in [0.25, 0.3) is 0 Å². The second-order valence-electron chi connectivity index (χ2n) is 4.15. The fourth-order valence-corrected chi connectivity index (χ4v) is 2.83. The van der Waals surface area contributed by atoms with Crippen molar-refractivity contribution in [2.24, 2.45) is 0 Å². The number of carbonyl (C=O) groups is 1. The highest BCUT2D eigenvalue weighted by Gasteiger charge is 2.23. The third-order valence-electron chi connectivity index (χ3n) is 2.75. The van der Waals surface area contributed by atoms with Crippen LogP contribution in [0.4, 0.5) is 0 Å². The van der Waals surface area contributed by atoms with Crippen LogP contribution in [0.3, 0.4) is 0 Å². The van der Waals surface area contributed by atoms with Gasteiger partial charge in [0.15, 0.2) is 0 Å². The molecular weight excluding hydrogens is 256 g/mol. The highest BCUT2D eigenvalue weighted by molar-refractivity contribution is 7.89. The number of amides is 1. The van der Waals surface area contributed by atoms with Crippen molar-refractivity contribution in [1.29, 1.82) is 0 Å². The van der Waals surface area contributed by atoms with Crippen molar-refractivity contribution >= 4 is 15.9 Å². The maximum atomic E-state index is 11.9. The minimum Gasteiger partial charge on any atom is -0.508 e. The lowest BCUT2D eigenvalue weighted by molar-refractivity contribution is -0.119. The summed E-state index contributed by atoms with van der Waals surface area (Å²) in [5.74, 6) is -0.0409. The predicted molar refractivity (Wildman–Crippen MR) is 64.5 cm³/mol. The molecule has 1 aliphatic heterocycles. The van der Waals surface area contributed by atoms with Crippen molar-refractivity contribution in [3.05, 3.63) is 24.3 Å². The Labute approximate surface area is 105 Å². The molecule has 1 heterocycles. The van der Waals surface area contributed by atoms with Crippen molar-refractivity contribution in [3.63, 3.8) is 0 Å². The minimum absolute atomic E-state index is 0.0111. The molecule has 0 aromatic heterocycles. The average molecular weight is 270 g/mol.